The minimum absolute atomic E-state index is 0.0541. The molecule has 2 N–H and O–H groups in total. The van der Waals surface area contributed by atoms with Crippen molar-refractivity contribution in [3.8, 4) is 23.3 Å². The number of aromatic nitrogens is 4. The number of para-hydroxylation sites is 1. The zero-order valence-electron chi connectivity index (χ0n) is 29.8. The topological polar surface area (TPSA) is 139 Å². The first-order valence-electron chi connectivity index (χ1n) is 17.7. The Morgan fingerprint density at radius 3 is 2.42 bits per heavy atom. The number of hydrogen-bond acceptors (Lipinski definition) is 9. The van der Waals surface area contributed by atoms with Gasteiger partial charge in [0.25, 0.3) is 5.91 Å². The van der Waals surface area contributed by atoms with Gasteiger partial charge in [-0.1, -0.05) is 38.1 Å². The zero-order valence-corrected chi connectivity index (χ0v) is 29.8. The number of rotatable bonds is 8. The molecule has 2 aromatic carbocycles. The number of pyridine rings is 2. The van der Waals surface area contributed by atoms with Gasteiger partial charge in [0.2, 0.25) is 0 Å². The number of benzene rings is 2. The number of piperazine rings is 1. The second kappa shape index (κ2) is 14.4. The molecule has 12 nitrogen and oxygen atoms in total. The number of nitriles is 1. The first-order chi connectivity index (χ1) is 25.1. The van der Waals surface area contributed by atoms with E-state index in [1.54, 1.807) is 44.5 Å². The Balaban J connectivity index is 1.15. The van der Waals surface area contributed by atoms with Gasteiger partial charge >= 0.3 is 5.69 Å². The fraction of sp³-hybridized carbons (Fsp3) is 0.325. The highest BCUT2D eigenvalue weighted by atomic mass is 16.5. The first kappa shape index (κ1) is 34.5. The van der Waals surface area contributed by atoms with E-state index in [1.165, 1.54) is 0 Å². The van der Waals surface area contributed by atoms with Crippen LogP contribution in [0.1, 0.15) is 38.4 Å². The number of nitrogen functional groups attached to an aromatic ring is 1. The van der Waals surface area contributed by atoms with Crippen molar-refractivity contribution in [2.24, 2.45) is 0 Å². The molecule has 3 aromatic heterocycles. The van der Waals surface area contributed by atoms with E-state index in [1.807, 2.05) is 74.5 Å². The monoisotopic (exact) mass is 697 g/mol. The molecule has 1 amide bonds. The van der Waals surface area contributed by atoms with Crippen LogP contribution < -0.4 is 21.1 Å². The lowest BCUT2D eigenvalue weighted by molar-refractivity contribution is -0.128. The van der Waals surface area contributed by atoms with Crippen molar-refractivity contribution in [2.45, 2.75) is 38.1 Å². The quantitative estimate of drug-likeness (QED) is 0.169. The molecule has 2 saturated heterocycles. The number of carbonyl (C=O) groups is 1. The van der Waals surface area contributed by atoms with E-state index in [0.717, 1.165) is 37.7 Å². The van der Waals surface area contributed by atoms with Crippen LogP contribution in [-0.4, -0.2) is 81.1 Å². The molecule has 0 radical (unpaired) electrons. The summed E-state index contributed by atoms with van der Waals surface area (Å²) >= 11 is 0. The Labute approximate surface area is 303 Å². The van der Waals surface area contributed by atoms with E-state index >= 15 is 0 Å². The van der Waals surface area contributed by atoms with Crippen LogP contribution in [0.25, 0.3) is 16.7 Å². The number of ether oxygens (including phenoxy) is 1. The first-order valence-corrected chi connectivity index (χ1v) is 17.7. The molecule has 12 heteroatoms. The second-order valence-corrected chi connectivity index (χ2v) is 14.1. The van der Waals surface area contributed by atoms with Gasteiger partial charge in [0.1, 0.15) is 40.3 Å². The largest absolute Gasteiger partial charge is 0.457 e. The average molecular weight is 698 g/mol. The SMILES string of the molecule is CN1CCN(c2cccc(C(C)(C)C=C(C#N)C(=O)N3CCCC(n4c(=O)n(-c5ccc(Oc6ccccc6)cc5)c5c(N)nccc54)C3)n2)CC1. The molecule has 0 aliphatic carbocycles. The lowest BCUT2D eigenvalue weighted by Gasteiger charge is -2.34. The van der Waals surface area contributed by atoms with Crippen LogP contribution >= 0.6 is 0 Å². The van der Waals surface area contributed by atoms with E-state index < -0.39 is 5.41 Å². The maximum Gasteiger partial charge on any atom is 0.334 e. The molecule has 52 heavy (non-hydrogen) atoms. The van der Waals surface area contributed by atoms with Gasteiger partial charge in [-0.05, 0) is 80.6 Å². The predicted molar refractivity (Wildman–Crippen MR) is 202 cm³/mol. The molecular formula is C40H43N9O3. The smallest absolute Gasteiger partial charge is 0.334 e. The van der Waals surface area contributed by atoms with Gasteiger partial charge in [0.05, 0.1) is 22.9 Å². The number of anilines is 2. The van der Waals surface area contributed by atoms with Crippen LogP contribution in [0, 0.1) is 11.3 Å². The maximum absolute atomic E-state index is 14.3. The normalized spacial score (nSPS) is 17.3. The van der Waals surface area contributed by atoms with Crippen molar-refractivity contribution >= 4 is 28.6 Å². The van der Waals surface area contributed by atoms with E-state index in [9.17, 15) is 14.9 Å². The minimum Gasteiger partial charge on any atom is -0.457 e. The highest BCUT2D eigenvalue weighted by Gasteiger charge is 2.32. The number of nitrogens with zero attached hydrogens (tertiary/aromatic N) is 8. The van der Waals surface area contributed by atoms with Crippen molar-refractivity contribution in [2.75, 3.05) is 56.9 Å². The standard InChI is InChI=1S/C40H43N9O3/c1-40(2,34-12-7-13-35(44-34)46-23-21-45(3)22-24-46)25-28(26-41)38(50)47-20-8-9-30(27-47)48-33-18-19-43-37(42)36(33)49(39(48)51)29-14-16-32(17-15-29)52-31-10-5-4-6-11-31/h4-7,10-19,25,30H,8-9,20-24,27H2,1-3H3,(H2,42,43). The third-order valence-corrected chi connectivity index (χ3v) is 10.0. The van der Waals surface area contributed by atoms with Crippen molar-refractivity contribution < 1.29 is 9.53 Å². The number of amides is 1. The van der Waals surface area contributed by atoms with Gasteiger partial charge < -0.3 is 25.2 Å². The van der Waals surface area contributed by atoms with Crippen LogP contribution in [0.4, 0.5) is 11.6 Å². The highest BCUT2D eigenvalue weighted by Crippen LogP contribution is 2.31. The Kier molecular flexibility index (Phi) is 9.53. The molecule has 1 unspecified atom stereocenters. The summed E-state index contributed by atoms with van der Waals surface area (Å²) in [6.07, 6.45) is 4.66. The molecule has 2 fully saturated rings. The summed E-state index contributed by atoms with van der Waals surface area (Å²) in [4.78, 5) is 43.9. The molecule has 7 rings (SSSR count). The van der Waals surface area contributed by atoms with E-state index in [-0.39, 0.29) is 35.6 Å². The summed E-state index contributed by atoms with van der Waals surface area (Å²) < 4.78 is 9.24. The Hall–Kier alpha value is -5.93. The summed E-state index contributed by atoms with van der Waals surface area (Å²) in [5, 5.41) is 10.3. The fourth-order valence-corrected chi connectivity index (χ4v) is 7.16. The Morgan fingerprint density at radius 2 is 1.69 bits per heavy atom. The third kappa shape index (κ3) is 6.87. The van der Waals surface area contributed by atoms with Gasteiger partial charge in [0, 0.05) is 50.9 Å². The van der Waals surface area contributed by atoms with E-state index in [2.05, 4.69) is 27.9 Å². The lowest BCUT2D eigenvalue weighted by Crippen LogP contribution is -2.45. The third-order valence-electron chi connectivity index (χ3n) is 10.0. The van der Waals surface area contributed by atoms with Gasteiger partial charge in [0.15, 0.2) is 0 Å². The van der Waals surface area contributed by atoms with Gasteiger partial charge in [-0.15, -0.1) is 0 Å². The number of hydrogen-bond donors (Lipinski definition) is 1. The molecule has 0 saturated carbocycles. The number of imidazole rings is 1. The van der Waals surface area contributed by atoms with Crippen molar-refractivity contribution in [3.63, 3.8) is 0 Å². The number of carbonyl (C=O) groups excluding carboxylic acids is 1. The molecule has 1 atom stereocenters. The van der Waals surface area contributed by atoms with E-state index in [0.29, 0.717) is 47.6 Å². The summed E-state index contributed by atoms with van der Waals surface area (Å²) in [5.74, 6) is 2.10. The Bertz CT molecular complexity index is 2210. The molecule has 0 spiro atoms. The van der Waals surface area contributed by atoms with Crippen molar-refractivity contribution in [1.82, 2.24) is 28.9 Å². The molecule has 0 bridgehead atoms. The Morgan fingerprint density at radius 1 is 0.962 bits per heavy atom. The number of nitrogens with two attached hydrogens (primary N) is 1. The molecular weight excluding hydrogens is 654 g/mol. The van der Waals surface area contributed by atoms with E-state index in [4.69, 9.17) is 15.5 Å². The van der Waals surface area contributed by atoms with Crippen LogP contribution in [-0.2, 0) is 10.2 Å². The van der Waals surface area contributed by atoms with Crippen molar-refractivity contribution in [1.29, 1.82) is 5.26 Å². The van der Waals surface area contributed by atoms with Gasteiger partial charge in [-0.2, -0.15) is 5.26 Å². The number of fused-ring (bicyclic) bond motifs is 1. The van der Waals surface area contributed by atoms with Crippen LogP contribution in [0.3, 0.4) is 0 Å². The van der Waals surface area contributed by atoms with Crippen LogP contribution in [0.5, 0.6) is 11.5 Å². The summed E-state index contributed by atoms with van der Waals surface area (Å²) in [5.41, 5.74) is 8.02. The molecule has 266 valence electrons. The van der Waals surface area contributed by atoms with Crippen LogP contribution in [0.2, 0.25) is 0 Å². The average Bonchev–Trinajstić information content (AvgIpc) is 3.47. The van der Waals surface area contributed by atoms with Gasteiger partial charge in [-0.25, -0.2) is 14.8 Å². The molecule has 5 heterocycles. The zero-order chi connectivity index (χ0) is 36.4. The highest BCUT2D eigenvalue weighted by molar-refractivity contribution is 5.97. The maximum atomic E-state index is 14.3. The fourth-order valence-electron chi connectivity index (χ4n) is 7.16. The second-order valence-electron chi connectivity index (χ2n) is 14.1. The number of likely N-dealkylation sites (N-methyl/N-ethyl adjacent to an activating group) is 1. The van der Waals surface area contributed by atoms with Crippen molar-refractivity contribution in [3.05, 3.63) is 113 Å². The summed E-state index contributed by atoms with van der Waals surface area (Å²) in [6, 6.07) is 26.3. The number of allylic oxidation sites excluding steroid dienone is 1. The molecule has 5 aromatic rings. The molecule has 2 aliphatic heterocycles. The summed E-state index contributed by atoms with van der Waals surface area (Å²) in [6.45, 7) is 8.40. The predicted octanol–water partition coefficient (Wildman–Crippen LogP) is 5.30. The van der Waals surface area contributed by atoms with Crippen LogP contribution in [0.15, 0.2) is 102 Å². The lowest BCUT2D eigenvalue weighted by atomic mass is 9.86. The van der Waals surface area contributed by atoms with Gasteiger partial charge in [-0.3, -0.25) is 13.9 Å². The number of likely N-dealkylation sites (tertiary alicyclic amines) is 1. The minimum atomic E-state index is -0.685. The number of piperidine rings is 1. The summed E-state index contributed by atoms with van der Waals surface area (Å²) in [7, 11) is 2.12. The molecule has 2 aliphatic rings.